The number of aryl methyl sites for hydroxylation is 2. The lowest BCUT2D eigenvalue weighted by Crippen LogP contribution is -2.44. The predicted octanol–water partition coefficient (Wildman–Crippen LogP) is 1.84. The molecule has 10 nitrogen and oxygen atoms in total. The van der Waals surface area contributed by atoms with Crippen molar-refractivity contribution in [1.82, 2.24) is 10.9 Å². The summed E-state index contributed by atoms with van der Waals surface area (Å²) in [6.45, 7) is 3.32. The number of nitro groups is 1. The van der Waals surface area contributed by atoms with Gasteiger partial charge in [-0.1, -0.05) is 18.2 Å². The van der Waals surface area contributed by atoms with Gasteiger partial charge in [0.1, 0.15) is 5.75 Å². The third kappa shape index (κ3) is 5.51. The number of nitrogens with zero attached hydrogens (tertiary/aromatic N) is 1. The molecule has 0 aliphatic rings. The number of hydrogen-bond donors (Lipinski definition) is 2. The maximum absolute atomic E-state index is 12.2. The third-order valence-electron chi connectivity index (χ3n) is 3.88. The van der Waals surface area contributed by atoms with E-state index in [4.69, 9.17) is 4.74 Å². The molecule has 0 bridgehead atoms. The molecule has 0 heterocycles. The van der Waals surface area contributed by atoms with Crippen LogP contribution in [0.2, 0.25) is 0 Å². The number of nitrogens with one attached hydrogen (secondary N) is 2. The van der Waals surface area contributed by atoms with Gasteiger partial charge in [0, 0.05) is 17.7 Å². The first-order valence-corrected chi connectivity index (χ1v) is 8.39. The minimum atomic E-state index is -0.848. The highest BCUT2D eigenvalue weighted by atomic mass is 16.6. The number of para-hydroxylation sites is 1. The predicted molar refractivity (Wildman–Crippen MR) is 101 cm³/mol. The standard InChI is InChI=1S/C19H19N3O7/c1-11-5-4-6-12(2)17(11)29-10-16(23)20-21-18(24)13-7-14(19(25)28-3)9-15(8-13)22(26)27/h4-9H,10H2,1-3H3,(H,20,23)(H,21,24). The molecule has 10 heteroatoms. The number of amides is 2. The first-order valence-electron chi connectivity index (χ1n) is 8.39. The van der Waals surface area contributed by atoms with Crippen LogP contribution < -0.4 is 15.6 Å². The molecule has 0 aliphatic carbocycles. The number of carbonyl (C=O) groups is 3. The highest BCUT2D eigenvalue weighted by Gasteiger charge is 2.19. The van der Waals surface area contributed by atoms with Crippen molar-refractivity contribution in [2.45, 2.75) is 13.8 Å². The largest absolute Gasteiger partial charge is 0.483 e. The Balaban J connectivity index is 2.03. The minimum absolute atomic E-state index is 0.170. The van der Waals surface area contributed by atoms with E-state index in [1.54, 1.807) is 0 Å². The van der Waals surface area contributed by atoms with Crippen LogP contribution in [0.5, 0.6) is 5.75 Å². The molecule has 0 aliphatic heterocycles. The number of methoxy groups -OCH3 is 1. The van der Waals surface area contributed by atoms with Crippen LogP contribution in [0.4, 0.5) is 5.69 Å². The van der Waals surface area contributed by atoms with Gasteiger partial charge >= 0.3 is 5.97 Å². The summed E-state index contributed by atoms with van der Waals surface area (Å²) >= 11 is 0. The fraction of sp³-hybridized carbons (Fsp3) is 0.211. The molecule has 0 fully saturated rings. The number of rotatable bonds is 6. The van der Waals surface area contributed by atoms with Gasteiger partial charge in [-0.05, 0) is 31.0 Å². The molecule has 0 aromatic heterocycles. The highest BCUT2D eigenvalue weighted by Crippen LogP contribution is 2.22. The summed E-state index contributed by atoms with van der Waals surface area (Å²) in [4.78, 5) is 46.1. The lowest BCUT2D eigenvalue weighted by atomic mass is 10.1. The summed E-state index contributed by atoms with van der Waals surface area (Å²) < 4.78 is 9.99. The van der Waals surface area contributed by atoms with E-state index in [9.17, 15) is 24.5 Å². The minimum Gasteiger partial charge on any atom is -0.483 e. The SMILES string of the molecule is COC(=O)c1cc(C(=O)NNC(=O)COc2c(C)cccc2C)cc([N+](=O)[O-])c1. The zero-order valence-corrected chi connectivity index (χ0v) is 16.0. The second-order valence-corrected chi connectivity index (χ2v) is 6.03. The Morgan fingerprint density at radius 1 is 1.03 bits per heavy atom. The first-order chi connectivity index (χ1) is 13.7. The molecule has 0 unspecified atom stereocenters. The van der Waals surface area contributed by atoms with Crippen molar-refractivity contribution < 1.29 is 28.8 Å². The molecule has 2 aromatic rings. The number of ether oxygens (including phenoxy) is 2. The van der Waals surface area contributed by atoms with Crippen molar-refractivity contribution in [3.05, 3.63) is 68.8 Å². The van der Waals surface area contributed by atoms with Gasteiger partial charge in [0.05, 0.1) is 17.6 Å². The van der Waals surface area contributed by atoms with E-state index < -0.39 is 28.4 Å². The lowest BCUT2D eigenvalue weighted by Gasteiger charge is -2.12. The van der Waals surface area contributed by atoms with Crippen molar-refractivity contribution >= 4 is 23.5 Å². The van der Waals surface area contributed by atoms with E-state index in [2.05, 4.69) is 15.6 Å². The summed E-state index contributed by atoms with van der Waals surface area (Å²) in [6.07, 6.45) is 0. The van der Waals surface area contributed by atoms with Gasteiger partial charge in [0.25, 0.3) is 17.5 Å². The van der Waals surface area contributed by atoms with Crippen LogP contribution >= 0.6 is 0 Å². The van der Waals surface area contributed by atoms with Crippen molar-refractivity contribution in [2.24, 2.45) is 0 Å². The number of non-ortho nitro benzene ring substituents is 1. The van der Waals surface area contributed by atoms with E-state index in [-0.39, 0.29) is 17.7 Å². The van der Waals surface area contributed by atoms with Gasteiger partial charge in [0.15, 0.2) is 6.61 Å². The Labute approximate surface area is 165 Å². The molecule has 0 saturated heterocycles. The monoisotopic (exact) mass is 401 g/mol. The molecule has 0 saturated carbocycles. The Morgan fingerprint density at radius 2 is 1.66 bits per heavy atom. The second-order valence-electron chi connectivity index (χ2n) is 6.03. The summed E-state index contributed by atoms with van der Waals surface area (Å²) in [5.74, 6) is -1.76. The van der Waals surface area contributed by atoms with E-state index in [1.165, 1.54) is 0 Å². The van der Waals surface area contributed by atoms with E-state index in [1.807, 2.05) is 32.0 Å². The molecular weight excluding hydrogens is 382 g/mol. The van der Waals surface area contributed by atoms with Gasteiger partial charge in [-0.2, -0.15) is 0 Å². The van der Waals surface area contributed by atoms with Crippen LogP contribution in [0, 0.1) is 24.0 Å². The first kappa shape index (κ1) is 21.4. The molecule has 2 amide bonds. The molecule has 29 heavy (non-hydrogen) atoms. The van der Waals surface area contributed by atoms with Crippen LogP contribution in [-0.2, 0) is 9.53 Å². The smallest absolute Gasteiger partial charge is 0.338 e. The van der Waals surface area contributed by atoms with E-state index in [0.29, 0.717) is 5.75 Å². The number of hydrogen-bond acceptors (Lipinski definition) is 7. The topological polar surface area (TPSA) is 137 Å². The molecule has 2 aromatic carbocycles. The molecule has 2 N–H and O–H groups in total. The zero-order valence-electron chi connectivity index (χ0n) is 16.0. The average molecular weight is 401 g/mol. The van der Waals surface area contributed by atoms with Crippen LogP contribution in [0.25, 0.3) is 0 Å². The zero-order chi connectivity index (χ0) is 21.6. The number of benzene rings is 2. The van der Waals surface area contributed by atoms with E-state index in [0.717, 1.165) is 36.4 Å². The summed E-state index contributed by atoms with van der Waals surface area (Å²) in [7, 11) is 1.11. The fourth-order valence-electron chi connectivity index (χ4n) is 2.48. The fourth-order valence-corrected chi connectivity index (χ4v) is 2.48. The molecule has 0 radical (unpaired) electrons. The van der Waals surface area contributed by atoms with Gasteiger partial charge in [0.2, 0.25) is 0 Å². The number of carbonyl (C=O) groups excluding carboxylic acids is 3. The molecule has 152 valence electrons. The normalized spacial score (nSPS) is 10.0. The average Bonchev–Trinajstić information content (AvgIpc) is 2.70. The lowest BCUT2D eigenvalue weighted by molar-refractivity contribution is -0.384. The van der Waals surface area contributed by atoms with Gasteiger partial charge in [-0.15, -0.1) is 0 Å². The Bertz CT molecular complexity index is 952. The molecule has 0 spiro atoms. The van der Waals surface area contributed by atoms with Crippen LogP contribution in [0.1, 0.15) is 31.8 Å². The van der Waals surface area contributed by atoms with Gasteiger partial charge < -0.3 is 9.47 Å². The number of nitro benzene ring substituents is 1. The molecule has 0 atom stereocenters. The maximum Gasteiger partial charge on any atom is 0.338 e. The molecular formula is C19H19N3O7. The van der Waals surface area contributed by atoms with E-state index >= 15 is 0 Å². The Hall–Kier alpha value is -3.95. The Kier molecular flexibility index (Phi) is 6.85. The summed E-state index contributed by atoms with van der Waals surface area (Å²) in [5, 5.41) is 11.0. The summed E-state index contributed by atoms with van der Waals surface area (Å²) in [5.41, 5.74) is 5.15. The van der Waals surface area contributed by atoms with Gasteiger partial charge in [-0.3, -0.25) is 30.6 Å². The third-order valence-corrected chi connectivity index (χ3v) is 3.88. The van der Waals surface area contributed by atoms with Crippen molar-refractivity contribution in [3.63, 3.8) is 0 Å². The number of hydrazine groups is 1. The van der Waals surface area contributed by atoms with Crippen molar-refractivity contribution in [1.29, 1.82) is 0 Å². The van der Waals surface area contributed by atoms with Gasteiger partial charge in [-0.25, -0.2) is 4.79 Å². The Morgan fingerprint density at radius 3 is 2.24 bits per heavy atom. The van der Waals surface area contributed by atoms with Crippen molar-refractivity contribution in [2.75, 3.05) is 13.7 Å². The van der Waals surface area contributed by atoms with Crippen molar-refractivity contribution in [3.8, 4) is 5.75 Å². The second kappa shape index (κ2) is 9.31. The van der Waals surface area contributed by atoms with Crippen LogP contribution in [-0.4, -0.2) is 36.4 Å². The quantitative estimate of drug-likeness (QED) is 0.428. The van der Waals surface area contributed by atoms with Crippen LogP contribution in [0.15, 0.2) is 36.4 Å². The van der Waals surface area contributed by atoms with Crippen LogP contribution in [0.3, 0.4) is 0 Å². The summed E-state index contributed by atoms with van der Waals surface area (Å²) in [6, 6.07) is 8.61. The highest BCUT2D eigenvalue weighted by molar-refractivity contribution is 5.99. The maximum atomic E-state index is 12.2. The number of esters is 1. The molecule has 2 rings (SSSR count).